The van der Waals surface area contributed by atoms with Crippen LogP contribution < -0.4 is 10.6 Å². The number of aromatic nitrogens is 3. The highest BCUT2D eigenvalue weighted by Gasteiger charge is 2.33. The van der Waals surface area contributed by atoms with E-state index in [9.17, 15) is 9.18 Å². The Morgan fingerprint density at radius 1 is 1.36 bits per heavy atom. The fraction of sp³-hybridized carbons (Fsp3) is 0.526. The lowest BCUT2D eigenvalue weighted by atomic mass is 9.79. The SMILES string of the molecule is CCc1nc(C(=O)NCC2(COC)CCNCC2)nn1-c1ccccc1F.Cl. The van der Waals surface area contributed by atoms with E-state index in [4.69, 9.17) is 4.74 Å². The Morgan fingerprint density at radius 3 is 2.71 bits per heavy atom. The van der Waals surface area contributed by atoms with Gasteiger partial charge in [0.05, 0.1) is 6.61 Å². The minimum atomic E-state index is -0.405. The number of piperidine rings is 1. The summed E-state index contributed by atoms with van der Waals surface area (Å²) in [6.45, 7) is 4.79. The lowest BCUT2D eigenvalue weighted by Crippen LogP contribution is -2.47. The normalized spacial score (nSPS) is 15.7. The van der Waals surface area contributed by atoms with E-state index in [2.05, 4.69) is 20.7 Å². The second-order valence-electron chi connectivity index (χ2n) is 6.93. The molecule has 0 atom stereocenters. The van der Waals surface area contributed by atoms with E-state index in [0.717, 1.165) is 25.9 Å². The van der Waals surface area contributed by atoms with Crippen LogP contribution in [-0.4, -0.2) is 54.0 Å². The van der Waals surface area contributed by atoms with Gasteiger partial charge < -0.3 is 15.4 Å². The van der Waals surface area contributed by atoms with Gasteiger partial charge in [-0.2, -0.15) is 0 Å². The Kier molecular flexibility index (Phi) is 7.91. The maximum Gasteiger partial charge on any atom is 0.291 e. The summed E-state index contributed by atoms with van der Waals surface area (Å²) in [4.78, 5) is 16.9. The first-order valence-electron chi connectivity index (χ1n) is 9.27. The quantitative estimate of drug-likeness (QED) is 0.729. The molecule has 0 aliphatic carbocycles. The molecule has 1 saturated heterocycles. The lowest BCUT2D eigenvalue weighted by Gasteiger charge is -2.37. The summed E-state index contributed by atoms with van der Waals surface area (Å²) < 4.78 is 20.9. The van der Waals surface area contributed by atoms with E-state index < -0.39 is 5.82 Å². The van der Waals surface area contributed by atoms with Gasteiger partial charge in [0.2, 0.25) is 5.82 Å². The van der Waals surface area contributed by atoms with Crippen molar-refractivity contribution in [3.8, 4) is 5.69 Å². The van der Waals surface area contributed by atoms with Crippen molar-refractivity contribution in [1.29, 1.82) is 0 Å². The van der Waals surface area contributed by atoms with Gasteiger partial charge in [-0.15, -0.1) is 17.5 Å². The Bertz CT molecular complexity index is 787. The summed E-state index contributed by atoms with van der Waals surface area (Å²) in [6, 6.07) is 6.32. The molecule has 0 unspecified atom stereocenters. The van der Waals surface area contributed by atoms with Crippen molar-refractivity contribution >= 4 is 18.3 Å². The van der Waals surface area contributed by atoms with Crippen molar-refractivity contribution in [2.45, 2.75) is 26.2 Å². The summed E-state index contributed by atoms with van der Waals surface area (Å²) in [5, 5.41) is 10.5. The van der Waals surface area contributed by atoms with Gasteiger partial charge in [0, 0.05) is 25.5 Å². The smallest absolute Gasteiger partial charge is 0.291 e. The van der Waals surface area contributed by atoms with E-state index in [-0.39, 0.29) is 35.2 Å². The molecule has 154 valence electrons. The third-order valence-electron chi connectivity index (χ3n) is 5.01. The molecule has 2 aromatic rings. The van der Waals surface area contributed by atoms with Crippen LogP contribution in [0.5, 0.6) is 0 Å². The molecule has 3 rings (SSSR count). The van der Waals surface area contributed by atoms with E-state index >= 15 is 0 Å². The van der Waals surface area contributed by atoms with Gasteiger partial charge in [0.15, 0.2) is 0 Å². The second-order valence-corrected chi connectivity index (χ2v) is 6.93. The first-order chi connectivity index (χ1) is 13.1. The minimum Gasteiger partial charge on any atom is -0.384 e. The average Bonchev–Trinajstić information content (AvgIpc) is 3.12. The molecule has 1 aliphatic heterocycles. The van der Waals surface area contributed by atoms with Gasteiger partial charge in [-0.3, -0.25) is 4.79 Å². The number of nitrogens with zero attached hydrogens (tertiary/aromatic N) is 3. The lowest BCUT2D eigenvalue weighted by molar-refractivity contribution is 0.0509. The number of para-hydroxylation sites is 1. The highest BCUT2D eigenvalue weighted by atomic mass is 35.5. The maximum atomic E-state index is 14.1. The van der Waals surface area contributed by atoms with Crippen LogP contribution >= 0.6 is 12.4 Å². The number of carbonyl (C=O) groups excluding carboxylic acids is 1. The number of methoxy groups -OCH3 is 1. The Balaban J connectivity index is 0.00000280. The molecule has 2 N–H and O–H groups in total. The van der Waals surface area contributed by atoms with Crippen molar-refractivity contribution in [3.05, 3.63) is 41.7 Å². The summed E-state index contributed by atoms with van der Waals surface area (Å²) in [7, 11) is 1.68. The highest BCUT2D eigenvalue weighted by molar-refractivity contribution is 5.90. The van der Waals surface area contributed by atoms with Crippen LogP contribution in [0.2, 0.25) is 0 Å². The van der Waals surface area contributed by atoms with E-state index in [1.54, 1.807) is 25.3 Å². The fourth-order valence-electron chi connectivity index (χ4n) is 3.47. The van der Waals surface area contributed by atoms with Crippen LogP contribution in [0, 0.1) is 11.2 Å². The molecule has 2 heterocycles. The first kappa shape index (κ1) is 22.3. The van der Waals surface area contributed by atoms with Crippen LogP contribution in [0.4, 0.5) is 4.39 Å². The first-order valence-corrected chi connectivity index (χ1v) is 9.27. The van der Waals surface area contributed by atoms with E-state index in [1.807, 2.05) is 6.92 Å². The van der Waals surface area contributed by atoms with Gasteiger partial charge in [-0.25, -0.2) is 14.1 Å². The Morgan fingerprint density at radius 2 is 2.07 bits per heavy atom. The molecule has 0 saturated carbocycles. The number of hydrogen-bond donors (Lipinski definition) is 2. The molecule has 0 bridgehead atoms. The average molecular weight is 412 g/mol. The monoisotopic (exact) mass is 411 g/mol. The molecule has 0 radical (unpaired) electrons. The molecule has 28 heavy (non-hydrogen) atoms. The van der Waals surface area contributed by atoms with Gasteiger partial charge in [0.1, 0.15) is 17.3 Å². The molecule has 0 spiro atoms. The second kappa shape index (κ2) is 9.95. The third-order valence-corrected chi connectivity index (χ3v) is 5.01. The minimum absolute atomic E-state index is 0. The summed E-state index contributed by atoms with van der Waals surface area (Å²) in [5.74, 6) is -0.165. The molecular formula is C19H27ClFN5O2. The van der Waals surface area contributed by atoms with Crippen LogP contribution in [-0.2, 0) is 11.2 Å². The Hall–Kier alpha value is -2.03. The summed E-state index contributed by atoms with van der Waals surface area (Å²) in [6.07, 6.45) is 2.39. The predicted octanol–water partition coefficient (Wildman–Crippen LogP) is 2.14. The van der Waals surface area contributed by atoms with Gasteiger partial charge in [0.25, 0.3) is 5.91 Å². The topological polar surface area (TPSA) is 81.1 Å². The molecule has 1 aliphatic rings. The van der Waals surface area contributed by atoms with Gasteiger partial charge in [-0.05, 0) is 38.1 Å². The number of aryl methyl sites for hydroxylation is 1. The summed E-state index contributed by atoms with van der Waals surface area (Å²) >= 11 is 0. The molecule has 7 nitrogen and oxygen atoms in total. The van der Waals surface area contributed by atoms with Crippen molar-refractivity contribution in [3.63, 3.8) is 0 Å². The third kappa shape index (κ3) is 4.87. The number of nitrogens with one attached hydrogen (secondary N) is 2. The zero-order chi connectivity index (χ0) is 19.3. The van der Waals surface area contributed by atoms with Crippen LogP contribution in [0.25, 0.3) is 5.69 Å². The number of rotatable bonds is 7. The maximum absolute atomic E-state index is 14.1. The largest absolute Gasteiger partial charge is 0.384 e. The number of carbonyl (C=O) groups is 1. The predicted molar refractivity (Wildman–Crippen MR) is 107 cm³/mol. The number of amides is 1. The number of benzene rings is 1. The van der Waals surface area contributed by atoms with Crippen LogP contribution in [0.3, 0.4) is 0 Å². The van der Waals surface area contributed by atoms with Gasteiger partial charge >= 0.3 is 0 Å². The van der Waals surface area contributed by atoms with Crippen LogP contribution in [0.1, 0.15) is 36.2 Å². The zero-order valence-corrected chi connectivity index (χ0v) is 17.0. The molecule has 1 amide bonds. The zero-order valence-electron chi connectivity index (χ0n) is 16.2. The van der Waals surface area contributed by atoms with Crippen molar-refractivity contribution in [2.75, 3.05) is 33.4 Å². The molecule has 1 aromatic heterocycles. The molecule has 9 heteroatoms. The van der Waals surface area contributed by atoms with Crippen LogP contribution in [0.15, 0.2) is 24.3 Å². The van der Waals surface area contributed by atoms with E-state index in [1.165, 1.54) is 10.7 Å². The van der Waals surface area contributed by atoms with Gasteiger partial charge in [-0.1, -0.05) is 19.1 Å². The van der Waals surface area contributed by atoms with Crippen molar-refractivity contribution in [1.82, 2.24) is 25.4 Å². The number of ether oxygens (including phenoxy) is 1. The van der Waals surface area contributed by atoms with E-state index in [0.29, 0.717) is 25.4 Å². The molecule has 1 aromatic carbocycles. The highest BCUT2D eigenvalue weighted by Crippen LogP contribution is 2.28. The standard InChI is InChI=1S/C19H26FN5O2.ClH/c1-3-16-23-17(24-25(16)15-7-5-4-6-14(15)20)18(26)22-12-19(13-27-2)8-10-21-11-9-19;/h4-7,21H,3,8-13H2,1-2H3,(H,22,26);1H. The van der Waals surface area contributed by atoms with Crippen molar-refractivity contribution < 1.29 is 13.9 Å². The summed E-state index contributed by atoms with van der Waals surface area (Å²) in [5.41, 5.74) is 0.201. The molecular weight excluding hydrogens is 385 g/mol. The number of halogens is 2. The molecule has 1 fully saturated rings. The fourth-order valence-corrected chi connectivity index (χ4v) is 3.47. The van der Waals surface area contributed by atoms with Crippen molar-refractivity contribution in [2.24, 2.45) is 5.41 Å². The Labute approximate surface area is 170 Å². The number of hydrogen-bond acceptors (Lipinski definition) is 5.